The fourth-order valence-corrected chi connectivity index (χ4v) is 2.81. The number of H-pyrrole nitrogens is 1. The highest BCUT2D eigenvalue weighted by Gasteiger charge is 2.10. The van der Waals surface area contributed by atoms with Crippen molar-refractivity contribution in [3.05, 3.63) is 57.2 Å². The molecule has 2 N–H and O–H groups in total. The lowest BCUT2D eigenvalue weighted by atomic mass is 10.1. The molecule has 2 aromatic heterocycles. The van der Waals surface area contributed by atoms with Gasteiger partial charge in [0.2, 0.25) is 0 Å². The van der Waals surface area contributed by atoms with E-state index in [2.05, 4.69) is 15.5 Å². The summed E-state index contributed by atoms with van der Waals surface area (Å²) in [4.78, 5) is 11.9. The van der Waals surface area contributed by atoms with E-state index in [1.165, 1.54) is 0 Å². The Morgan fingerprint density at radius 3 is 2.85 bits per heavy atom. The van der Waals surface area contributed by atoms with Crippen molar-refractivity contribution in [1.82, 2.24) is 15.5 Å². The van der Waals surface area contributed by atoms with Crippen LogP contribution in [0.4, 0.5) is 0 Å². The van der Waals surface area contributed by atoms with Crippen LogP contribution in [-0.4, -0.2) is 30.0 Å². The molecule has 0 fully saturated rings. The van der Waals surface area contributed by atoms with Crippen molar-refractivity contribution in [2.75, 3.05) is 13.7 Å². The molecule has 0 aliphatic rings. The van der Waals surface area contributed by atoms with Crippen LogP contribution in [0.3, 0.4) is 0 Å². The molecule has 0 spiro atoms. The first-order valence-corrected chi connectivity index (χ1v) is 8.90. The number of rotatable bonds is 8. The number of aromatic amines is 1. The second-order valence-corrected chi connectivity index (χ2v) is 6.71. The zero-order chi connectivity index (χ0) is 19.4. The molecule has 3 aromatic rings. The van der Waals surface area contributed by atoms with Gasteiger partial charge in [-0.3, -0.25) is 5.10 Å². The molecule has 0 aliphatic carbocycles. The highest BCUT2D eigenvalue weighted by Crippen LogP contribution is 2.23. The van der Waals surface area contributed by atoms with Crippen LogP contribution in [-0.2, 0) is 17.9 Å². The van der Waals surface area contributed by atoms with Gasteiger partial charge in [-0.2, -0.15) is 5.10 Å². The van der Waals surface area contributed by atoms with E-state index in [4.69, 9.17) is 13.9 Å². The molecule has 0 bridgehead atoms. The van der Waals surface area contributed by atoms with Crippen LogP contribution in [0, 0.1) is 13.8 Å². The van der Waals surface area contributed by atoms with Gasteiger partial charge in [0, 0.05) is 36.7 Å². The maximum absolute atomic E-state index is 11.9. The lowest BCUT2D eigenvalue weighted by Gasteiger charge is -2.14. The number of aryl methyl sites for hydroxylation is 1. The Balaban J connectivity index is 1.57. The summed E-state index contributed by atoms with van der Waals surface area (Å²) in [6.07, 6.45) is 0. The summed E-state index contributed by atoms with van der Waals surface area (Å²) in [6, 6.07) is 7.68. The van der Waals surface area contributed by atoms with Crippen LogP contribution < -0.4 is 15.7 Å². The fourth-order valence-electron chi connectivity index (χ4n) is 2.81. The number of nitrogens with one attached hydrogen (secondary N) is 2. The molecule has 3 rings (SSSR count). The average molecular weight is 371 g/mol. The molecule has 0 radical (unpaired) electrons. The number of benzene rings is 1. The van der Waals surface area contributed by atoms with Crippen LogP contribution in [0.5, 0.6) is 5.75 Å². The van der Waals surface area contributed by atoms with E-state index < -0.39 is 0 Å². The molecule has 1 aromatic carbocycles. The predicted octanol–water partition coefficient (Wildman–Crippen LogP) is 2.84. The molecule has 144 valence electrons. The topological polar surface area (TPSA) is 89.4 Å². The Bertz CT molecular complexity index is 977. The number of nitrogens with zero attached hydrogens (tertiary/aromatic N) is 1. The number of ether oxygens (including phenoxy) is 2. The third-order valence-electron chi connectivity index (χ3n) is 4.54. The molecule has 0 aliphatic heterocycles. The molecule has 0 saturated carbocycles. The molecule has 0 amide bonds. The number of fused-ring (bicyclic) bond motifs is 1. The van der Waals surface area contributed by atoms with E-state index in [9.17, 15) is 4.79 Å². The number of hydrogen-bond acceptors (Lipinski definition) is 6. The SMILES string of the molecule is COCc1cc(CNC(C)COc2ccc3c(C)c(C)c(=O)oc3c2)n[nH]1. The number of methoxy groups -OCH3 is 1. The molecular formula is C20H25N3O4. The van der Waals surface area contributed by atoms with Crippen molar-refractivity contribution in [2.45, 2.75) is 40.0 Å². The van der Waals surface area contributed by atoms with Crippen LogP contribution >= 0.6 is 0 Å². The average Bonchev–Trinajstić information content (AvgIpc) is 3.10. The highest BCUT2D eigenvalue weighted by molar-refractivity contribution is 5.82. The van der Waals surface area contributed by atoms with Crippen LogP contribution in [0.2, 0.25) is 0 Å². The zero-order valence-corrected chi connectivity index (χ0v) is 16.1. The maximum atomic E-state index is 11.9. The van der Waals surface area contributed by atoms with Gasteiger partial charge in [0.1, 0.15) is 17.9 Å². The first-order chi connectivity index (χ1) is 13.0. The second-order valence-electron chi connectivity index (χ2n) is 6.71. The van der Waals surface area contributed by atoms with Crippen LogP contribution in [0.1, 0.15) is 29.4 Å². The number of hydrogen-bond donors (Lipinski definition) is 2. The molecule has 7 nitrogen and oxygen atoms in total. The summed E-state index contributed by atoms with van der Waals surface area (Å²) in [5.41, 5.74) is 3.69. The minimum absolute atomic E-state index is 0.120. The summed E-state index contributed by atoms with van der Waals surface area (Å²) < 4.78 is 16.3. The largest absolute Gasteiger partial charge is 0.492 e. The van der Waals surface area contributed by atoms with Gasteiger partial charge >= 0.3 is 5.63 Å². The first-order valence-electron chi connectivity index (χ1n) is 8.90. The third kappa shape index (κ3) is 4.56. The molecule has 27 heavy (non-hydrogen) atoms. The third-order valence-corrected chi connectivity index (χ3v) is 4.54. The van der Waals surface area contributed by atoms with E-state index in [1.54, 1.807) is 20.1 Å². The summed E-state index contributed by atoms with van der Waals surface area (Å²) in [5.74, 6) is 0.671. The van der Waals surface area contributed by atoms with Gasteiger partial charge in [-0.1, -0.05) is 0 Å². The Morgan fingerprint density at radius 1 is 1.26 bits per heavy atom. The predicted molar refractivity (Wildman–Crippen MR) is 103 cm³/mol. The van der Waals surface area contributed by atoms with Gasteiger partial charge in [-0.05, 0) is 44.5 Å². The van der Waals surface area contributed by atoms with Gasteiger partial charge in [-0.15, -0.1) is 0 Å². The quantitative estimate of drug-likeness (QED) is 0.592. The maximum Gasteiger partial charge on any atom is 0.339 e. The molecule has 1 unspecified atom stereocenters. The zero-order valence-electron chi connectivity index (χ0n) is 16.1. The Hall–Kier alpha value is -2.64. The highest BCUT2D eigenvalue weighted by atomic mass is 16.5. The molecule has 2 heterocycles. The van der Waals surface area contributed by atoms with Crippen LogP contribution in [0.25, 0.3) is 11.0 Å². The normalized spacial score (nSPS) is 12.4. The van der Waals surface area contributed by atoms with E-state index in [0.717, 1.165) is 22.3 Å². The molecule has 7 heteroatoms. The van der Waals surface area contributed by atoms with E-state index in [-0.39, 0.29) is 11.7 Å². The van der Waals surface area contributed by atoms with Gasteiger partial charge < -0.3 is 19.2 Å². The van der Waals surface area contributed by atoms with E-state index in [1.807, 2.05) is 32.0 Å². The van der Waals surface area contributed by atoms with E-state index in [0.29, 0.717) is 36.7 Å². The number of aromatic nitrogens is 2. The van der Waals surface area contributed by atoms with Gasteiger partial charge in [0.15, 0.2) is 0 Å². The van der Waals surface area contributed by atoms with Gasteiger partial charge in [0.05, 0.1) is 18.0 Å². The lowest BCUT2D eigenvalue weighted by molar-refractivity contribution is 0.181. The molecule has 0 saturated heterocycles. The lowest BCUT2D eigenvalue weighted by Crippen LogP contribution is -2.31. The summed E-state index contributed by atoms with van der Waals surface area (Å²) in [5, 5.41) is 11.5. The fraction of sp³-hybridized carbons (Fsp3) is 0.400. The van der Waals surface area contributed by atoms with Gasteiger partial charge in [-0.25, -0.2) is 4.79 Å². The Labute approximate surface area is 157 Å². The molecular weight excluding hydrogens is 346 g/mol. The van der Waals surface area contributed by atoms with Crippen molar-refractivity contribution < 1.29 is 13.9 Å². The minimum atomic E-state index is -0.306. The van der Waals surface area contributed by atoms with Crippen molar-refractivity contribution in [1.29, 1.82) is 0 Å². The Kier molecular flexibility index (Phi) is 5.93. The summed E-state index contributed by atoms with van der Waals surface area (Å²) in [6.45, 7) is 7.37. The molecule has 1 atom stereocenters. The Morgan fingerprint density at radius 2 is 2.07 bits per heavy atom. The van der Waals surface area contributed by atoms with Crippen molar-refractivity contribution >= 4 is 11.0 Å². The summed E-state index contributed by atoms with van der Waals surface area (Å²) in [7, 11) is 1.65. The smallest absolute Gasteiger partial charge is 0.339 e. The van der Waals surface area contributed by atoms with Crippen molar-refractivity contribution in [3.63, 3.8) is 0 Å². The van der Waals surface area contributed by atoms with Crippen molar-refractivity contribution in [3.8, 4) is 5.75 Å². The summed E-state index contributed by atoms with van der Waals surface area (Å²) >= 11 is 0. The minimum Gasteiger partial charge on any atom is -0.492 e. The van der Waals surface area contributed by atoms with Crippen LogP contribution in [0.15, 0.2) is 33.5 Å². The van der Waals surface area contributed by atoms with Gasteiger partial charge in [0.25, 0.3) is 0 Å². The monoisotopic (exact) mass is 371 g/mol. The second kappa shape index (κ2) is 8.37. The van der Waals surface area contributed by atoms with Crippen molar-refractivity contribution in [2.24, 2.45) is 0 Å². The standard InChI is InChI=1S/C20H25N3O4/c1-12(21-9-15-7-16(11-25-4)23-22-15)10-26-17-5-6-18-13(2)14(3)20(24)27-19(18)8-17/h5-8,12,21H,9-11H2,1-4H3,(H,22,23). The first kappa shape index (κ1) is 19.1. The van der Waals surface area contributed by atoms with E-state index >= 15 is 0 Å².